The first-order valence-electron chi connectivity index (χ1n) is 7.80. The molecule has 0 aromatic rings. The SMILES string of the molecule is CCCCCCCCCCCC[NH+]=C(N)SCC.[I-]. The van der Waals surface area contributed by atoms with Crippen LogP contribution < -0.4 is 34.7 Å². The predicted octanol–water partition coefficient (Wildman–Crippen LogP) is 0.0597. The van der Waals surface area contributed by atoms with Gasteiger partial charge >= 0.3 is 5.17 Å². The lowest BCUT2D eigenvalue weighted by molar-refractivity contribution is -0.455. The highest BCUT2D eigenvalue weighted by molar-refractivity contribution is 8.13. The van der Waals surface area contributed by atoms with Crippen LogP contribution in [-0.4, -0.2) is 17.5 Å². The lowest BCUT2D eigenvalue weighted by Crippen LogP contribution is -3.00. The fourth-order valence-electron chi connectivity index (χ4n) is 2.03. The summed E-state index contributed by atoms with van der Waals surface area (Å²) in [5.41, 5.74) is 5.77. The van der Waals surface area contributed by atoms with E-state index in [1.807, 2.05) is 0 Å². The van der Waals surface area contributed by atoms with Crippen molar-refractivity contribution in [1.82, 2.24) is 0 Å². The first-order chi connectivity index (χ1) is 8.81. The second kappa shape index (κ2) is 18.6. The number of hydrogen-bond donors (Lipinski definition) is 2. The summed E-state index contributed by atoms with van der Waals surface area (Å²) in [7, 11) is 0. The fraction of sp³-hybridized carbons (Fsp3) is 0.933. The van der Waals surface area contributed by atoms with Gasteiger partial charge in [0.2, 0.25) is 0 Å². The molecule has 0 saturated carbocycles. The van der Waals surface area contributed by atoms with Crippen molar-refractivity contribution >= 4 is 16.9 Å². The van der Waals surface area contributed by atoms with Gasteiger partial charge in [-0.25, -0.2) is 0 Å². The molecule has 19 heavy (non-hydrogen) atoms. The summed E-state index contributed by atoms with van der Waals surface area (Å²) in [6, 6.07) is 0. The van der Waals surface area contributed by atoms with E-state index < -0.39 is 0 Å². The Hall–Kier alpha value is 0.550. The van der Waals surface area contributed by atoms with E-state index in [0.29, 0.717) is 0 Å². The Kier molecular flexibility index (Phi) is 21.3. The molecule has 0 heterocycles. The van der Waals surface area contributed by atoms with E-state index in [4.69, 9.17) is 5.73 Å². The van der Waals surface area contributed by atoms with Gasteiger partial charge < -0.3 is 24.0 Å². The molecule has 0 amide bonds. The maximum absolute atomic E-state index is 5.77. The Balaban J connectivity index is 0. The van der Waals surface area contributed by atoms with Crippen molar-refractivity contribution in [2.75, 3.05) is 12.3 Å². The van der Waals surface area contributed by atoms with Crippen LogP contribution in [0.25, 0.3) is 0 Å². The molecule has 0 aliphatic rings. The molecule has 0 unspecified atom stereocenters. The van der Waals surface area contributed by atoms with Crippen LogP contribution >= 0.6 is 11.8 Å². The zero-order valence-corrected chi connectivity index (χ0v) is 15.8. The van der Waals surface area contributed by atoms with Gasteiger partial charge in [-0.1, -0.05) is 65.2 Å². The summed E-state index contributed by atoms with van der Waals surface area (Å²) in [4.78, 5) is 3.27. The Morgan fingerprint density at radius 3 is 1.79 bits per heavy atom. The lowest BCUT2D eigenvalue weighted by atomic mass is 10.1. The van der Waals surface area contributed by atoms with Crippen LogP contribution in [0.15, 0.2) is 0 Å². The monoisotopic (exact) mass is 400 g/mol. The van der Waals surface area contributed by atoms with Gasteiger partial charge in [0.25, 0.3) is 0 Å². The summed E-state index contributed by atoms with van der Waals surface area (Å²) in [5, 5.41) is 0.883. The number of nitrogens with one attached hydrogen (secondary N) is 1. The molecule has 0 aliphatic heterocycles. The minimum Gasteiger partial charge on any atom is -1.00 e. The number of hydrogen-bond acceptors (Lipinski definition) is 1. The maximum Gasteiger partial charge on any atom is 0.301 e. The van der Waals surface area contributed by atoms with E-state index in [0.717, 1.165) is 17.5 Å². The lowest BCUT2D eigenvalue weighted by Gasteiger charge is -2.01. The molecule has 0 atom stereocenters. The largest absolute Gasteiger partial charge is 1.00 e. The maximum atomic E-state index is 5.77. The second-order valence-electron chi connectivity index (χ2n) is 4.91. The topological polar surface area (TPSA) is 40.0 Å². The van der Waals surface area contributed by atoms with E-state index in [2.05, 4.69) is 18.8 Å². The van der Waals surface area contributed by atoms with E-state index in [1.54, 1.807) is 11.8 Å². The Labute approximate surface area is 141 Å². The van der Waals surface area contributed by atoms with E-state index in [1.165, 1.54) is 64.2 Å². The summed E-state index contributed by atoms with van der Waals surface area (Å²) in [6.45, 7) is 5.44. The van der Waals surface area contributed by atoms with Gasteiger partial charge in [0, 0.05) is 5.75 Å². The Morgan fingerprint density at radius 1 is 0.842 bits per heavy atom. The van der Waals surface area contributed by atoms with Gasteiger partial charge in [0.15, 0.2) is 0 Å². The summed E-state index contributed by atoms with van der Waals surface area (Å²) in [6.07, 6.45) is 13.9. The highest BCUT2D eigenvalue weighted by Gasteiger charge is 1.96. The van der Waals surface area contributed by atoms with E-state index in [-0.39, 0.29) is 24.0 Å². The molecule has 4 heteroatoms. The summed E-state index contributed by atoms with van der Waals surface area (Å²) >= 11 is 1.70. The molecule has 0 aromatic heterocycles. The molecular formula is C15H33IN2S. The first-order valence-corrected chi connectivity index (χ1v) is 8.78. The molecule has 0 saturated heterocycles. The highest BCUT2D eigenvalue weighted by atomic mass is 127. The van der Waals surface area contributed by atoms with Crippen LogP contribution in [0.5, 0.6) is 0 Å². The average Bonchev–Trinajstić information content (AvgIpc) is 2.36. The van der Waals surface area contributed by atoms with Gasteiger partial charge in [0.05, 0.1) is 6.54 Å². The highest BCUT2D eigenvalue weighted by Crippen LogP contribution is 2.09. The third-order valence-electron chi connectivity index (χ3n) is 3.13. The van der Waals surface area contributed by atoms with E-state index >= 15 is 0 Å². The summed E-state index contributed by atoms with van der Waals surface area (Å²) in [5.74, 6) is 1.05. The van der Waals surface area contributed by atoms with Crippen molar-refractivity contribution in [3.8, 4) is 0 Å². The molecule has 0 aromatic carbocycles. The average molecular weight is 400 g/mol. The van der Waals surface area contributed by atoms with Gasteiger partial charge in [-0.2, -0.15) is 0 Å². The predicted molar refractivity (Wildman–Crippen MR) is 85.0 cm³/mol. The number of nitrogens with two attached hydrogens (primary N) is 1. The van der Waals surface area contributed by atoms with Crippen LogP contribution in [0, 0.1) is 0 Å². The van der Waals surface area contributed by atoms with Crippen molar-refractivity contribution in [1.29, 1.82) is 0 Å². The summed E-state index contributed by atoms with van der Waals surface area (Å²) < 4.78 is 0. The zero-order valence-electron chi connectivity index (χ0n) is 12.8. The van der Waals surface area contributed by atoms with Crippen LogP contribution in [0.1, 0.15) is 78.1 Å². The molecule has 0 aliphatic carbocycles. The van der Waals surface area contributed by atoms with Crippen LogP contribution in [0.3, 0.4) is 0 Å². The third kappa shape index (κ3) is 18.5. The molecule has 2 nitrogen and oxygen atoms in total. The number of halogens is 1. The molecule has 0 spiro atoms. The van der Waals surface area contributed by atoms with Crippen LogP contribution in [0.2, 0.25) is 0 Å². The number of thioether (sulfide) groups is 1. The normalized spacial score (nSPS) is 11.4. The fourth-order valence-corrected chi connectivity index (χ4v) is 2.55. The van der Waals surface area contributed by atoms with Crippen molar-refractivity contribution in [3.05, 3.63) is 0 Å². The molecule has 0 radical (unpaired) electrons. The van der Waals surface area contributed by atoms with Gasteiger partial charge in [-0.15, -0.1) is 0 Å². The van der Waals surface area contributed by atoms with Crippen molar-refractivity contribution in [3.63, 3.8) is 0 Å². The van der Waals surface area contributed by atoms with Gasteiger partial charge in [-0.3, -0.25) is 10.7 Å². The van der Waals surface area contributed by atoms with Crippen molar-refractivity contribution in [2.24, 2.45) is 5.73 Å². The van der Waals surface area contributed by atoms with Gasteiger partial charge in [-0.05, 0) is 24.6 Å². The Morgan fingerprint density at radius 2 is 1.32 bits per heavy atom. The minimum atomic E-state index is 0. The number of rotatable bonds is 12. The molecule has 0 rings (SSSR count). The Bertz CT molecular complexity index is 199. The number of amidine groups is 1. The minimum absolute atomic E-state index is 0. The molecule has 3 N–H and O–H groups in total. The van der Waals surface area contributed by atoms with Crippen LogP contribution in [0.4, 0.5) is 0 Å². The van der Waals surface area contributed by atoms with Crippen molar-refractivity contribution in [2.45, 2.75) is 78.1 Å². The van der Waals surface area contributed by atoms with Crippen molar-refractivity contribution < 1.29 is 29.0 Å². The molecular weight excluding hydrogens is 367 g/mol. The molecule has 0 bridgehead atoms. The zero-order chi connectivity index (χ0) is 13.5. The second-order valence-corrected chi connectivity index (χ2v) is 6.21. The smallest absolute Gasteiger partial charge is 0.301 e. The van der Waals surface area contributed by atoms with Gasteiger partial charge in [0.1, 0.15) is 0 Å². The molecule has 116 valence electrons. The van der Waals surface area contributed by atoms with Crippen LogP contribution in [-0.2, 0) is 0 Å². The standard InChI is InChI=1S/C15H32N2S.HI/c1-3-5-6-7-8-9-10-11-12-13-14-17-15(16)18-4-2;/h3-14H2,1-2H3,(H2,16,17);1H. The molecule has 0 fully saturated rings. The number of unbranched alkanes of at least 4 members (excludes halogenated alkanes) is 9. The quantitative estimate of drug-likeness (QED) is 0.211. The third-order valence-corrected chi connectivity index (χ3v) is 3.87. The van der Waals surface area contributed by atoms with E-state index in [9.17, 15) is 0 Å². The first kappa shape index (κ1) is 21.8.